The summed E-state index contributed by atoms with van der Waals surface area (Å²) in [6, 6.07) is 7.05. The van der Waals surface area contributed by atoms with E-state index >= 15 is 0 Å². The highest BCUT2D eigenvalue weighted by Gasteiger charge is 2.31. The van der Waals surface area contributed by atoms with E-state index in [1.54, 1.807) is 4.90 Å². The molecule has 6 nitrogen and oxygen atoms in total. The number of amides is 1. The Morgan fingerprint density at radius 3 is 3.17 bits per heavy atom. The van der Waals surface area contributed by atoms with Gasteiger partial charge in [-0.2, -0.15) is 5.26 Å². The Balaban J connectivity index is 1.77. The Kier molecular flexibility index (Phi) is 4.72. The molecular weight excluding hydrogens is 304 g/mol. The van der Waals surface area contributed by atoms with E-state index in [1.165, 1.54) is 0 Å². The maximum absolute atomic E-state index is 12.6. The molecule has 1 aliphatic rings. The van der Waals surface area contributed by atoms with Crippen molar-refractivity contribution >= 4 is 16.8 Å². The molecule has 2 atom stereocenters. The minimum Gasteiger partial charge on any atom is -0.494 e. The summed E-state index contributed by atoms with van der Waals surface area (Å²) >= 11 is 0. The van der Waals surface area contributed by atoms with E-state index in [9.17, 15) is 4.79 Å². The fraction of sp³-hybridized carbons (Fsp3) is 0.444. The average Bonchev–Trinajstić information content (AvgIpc) is 3.21. The SMILES string of the molecule is CCOc1ccc2[nH]cc(CC(N)C(=O)N3CCCC3C#N)c2c1. The Bertz CT molecular complexity index is 777. The fourth-order valence-corrected chi connectivity index (χ4v) is 3.28. The van der Waals surface area contributed by atoms with Crippen molar-refractivity contribution in [3.8, 4) is 11.8 Å². The number of aromatic amines is 1. The molecule has 2 unspecified atom stereocenters. The van der Waals surface area contributed by atoms with Crippen LogP contribution in [0.4, 0.5) is 0 Å². The summed E-state index contributed by atoms with van der Waals surface area (Å²) in [4.78, 5) is 17.4. The lowest BCUT2D eigenvalue weighted by Gasteiger charge is -2.23. The van der Waals surface area contributed by atoms with E-state index in [0.717, 1.165) is 35.1 Å². The molecule has 2 heterocycles. The maximum Gasteiger partial charge on any atom is 0.240 e. The first kappa shape index (κ1) is 16.3. The van der Waals surface area contributed by atoms with E-state index in [-0.39, 0.29) is 11.9 Å². The van der Waals surface area contributed by atoms with Gasteiger partial charge in [0.25, 0.3) is 0 Å². The summed E-state index contributed by atoms with van der Waals surface area (Å²) in [5.41, 5.74) is 8.12. The zero-order chi connectivity index (χ0) is 17.1. The van der Waals surface area contributed by atoms with E-state index in [4.69, 9.17) is 15.7 Å². The van der Waals surface area contributed by atoms with Crippen molar-refractivity contribution in [1.82, 2.24) is 9.88 Å². The quantitative estimate of drug-likeness (QED) is 0.878. The molecule has 2 aromatic rings. The second-order valence-corrected chi connectivity index (χ2v) is 6.08. The number of rotatable bonds is 5. The molecule has 1 fully saturated rings. The Morgan fingerprint density at radius 2 is 2.42 bits per heavy atom. The number of carbonyl (C=O) groups excluding carboxylic acids is 1. The van der Waals surface area contributed by atoms with Gasteiger partial charge in [0.05, 0.1) is 18.7 Å². The second-order valence-electron chi connectivity index (χ2n) is 6.08. The lowest BCUT2D eigenvalue weighted by Crippen LogP contribution is -2.46. The molecule has 24 heavy (non-hydrogen) atoms. The minimum atomic E-state index is -0.645. The monoisotopic (exact) mass is 326 g/mol. The fourth-order valence-electron chi connectivity index (χ4n) is 3.28. The topological polar surface area (TPSA) is 95.1 Å². The van der Waals surface area contributed by atoms with Crippen molar-refractivity contribution in [2.45, 2.75) is 38.3 Å². The first-order valence-corrected chi connectivity index (χ1v) is 8.32. The van der Waals surface area contributed by atoms with E-state index < -0.39 is 6.04 Å². The third kappa shape index (κ3) is 3.08. The normalized spacial score (nSPS) is 18.5. The van der Waals surface area contributed by atoms with Gasteiger partial charge in [-0.1, -0.05) is 0 Å². The summed E-state index contributed by atoms with van der Waals surface area (Å²) in [6.07, 6.45) is 3.92. The number of likely N-dealkylation sites (tertiary alicyclic amines) is 1. The molecule has 0 spiro atoms. The van der Waals surface area contributed by atoms with Crippen LogP contribution in [-0.4, -0.2) is 41.0 Å². The number of ether oxygens (including phenoxy) is 1. The molecule has 126 valence electrons. The number of hydrogen-bond donors (Lipinski definition) is 2. The summed E-state index contributed by atoms with van der Waals surface area (Å²) in [7, 11) is 0. The van der Waals surface area contributed by atoms with Gasteiger partial charge >= 0.3 is 0 Å². The number of nitrogens with one attached hydrogen (secondary N) is 1. The number of nitriles is 1. The van der Waals surface area contributed by atoms with Gasteiger partial charge in [-0.15, -0.1) is 0 Å². The van der Waals surface area contributed by atoms with Gasteiger partial charge < -0.3 is 20.4 Å². The van der Waals surface area contributed by atoms with Gasteiger partial charge in [-0.25, -0.2) is 0 Å². The van der Waals surface area contributed by atoms with Crippen LogP contribution in [0.5, 0.6) is 5.75 Å². The Labute approximate surface area is 141 Å². The Hall–Kier alpha value is -2.52. The molecule has 0 radical (unpaired) electrons. The number of benzene rings is 1. The van der Waals surface area contributed by atoms with Gasteiger partial charge in [-0.05, 0) is 49.9 Å². The molecular formula is C18H22N4O2. The smallest absolute Gasteiger partial charge is 0.240 e. The maximum atomic E-state index is 12.6. The third-order valence-corrected chi connectivity index (χ3v) is 4.49. The first-order valence-electron chi connectivity index (χ1n) is 8.32. The molecule has 3 rings (SSSR count). The molecule has 1 saturated heterocycles. The standard InChI is InChI=1S/C18H22N4O2/c1-2-24-14-5-6-17-15(9-14)12(11-21-17)8-16(20)18(23)22-7-3-4-13(22)10-19/h5-6,9,11,13,16,21H,2-4,7-8,20H2,1H3. The van der Waals surface area contributed by atoms with Crippen LogP contribution in [0, 0.1) is 11.3 Å². The van der Waals surface area contributed by atoms with Crippen molar-refractivity contribution < 1.29 is 9.53 Å². The molecule has 1 aromatic heterocycles. The number of fused-ring (bicyclic) bond motifs is 1. The Morgan fingerprint density at radius 1 is 1.58 bits per heavy atom. The zero-order valence-electron chi connectivity index (χ0n) is 13.8. The molecule has 0 aliphatic carbocycles. The van der Waals surface area contributed by atoms with Crippen molar-refractivity contribution in [2.24, 2.45) is 5.73 Å². The molecule has 1 aromatic carbocycles. The number of aromatic nitrogens is 1. The van der Waals surface area contributed by atoms with E-state index in [1.807, 2.05) is 31.3 Å². The van der Waals surface area contributed by atoms with Gasteiger partial charge in [0.15, 0.2) is 0 Å². The summed E-state index contributed by atoms with van der Waals surface area (Å²) in [5, 5.41) is 10.2. The number of H-pyrrole nitrogens is 1. The van der Waals surface area contributed by atoms with Crippen LogP contribution in [0.1, 0.15) is 25.3 Å². The van der Waals surface area contributed by atoms with E-state index in [2.05, 4.69) is 11.1 Å². The van der Waals surface area contributed by atoms with Gasteiger partial charge in [0, 0.05) is 23.6 Å². The minimum absolute atomic E-state index is 0.144. The highest BCUT2D eigenvalue weighted by atomic mass is 16.5. The van der Waals surface area contributed by atoms with Crippen molar-refractivity contribution in [2.75, 3.05) is 13.2 Å². The van der Waals surface area contributed by atoms with Crippen LogP contribution in [0.3, 0.4) is 0 Å². The van der Waals surface area contributed by atoms with Crippen molar-refractivity contribution in [3.63, 3.8) is 0 Å². The predicted molar refractivity (Wildman–Crippen MR) is 91.5 cm³/mol. The lowest BCUT2D eigenvalue weighted by molar-refractivity contribution is -0.132. The zero-order valence-corrected chi connectivity index (χ0v) is 13.8. The van der Waals surface area contributed by atoms with Crippen LogP contribution in [-0.2, 0) is 11.2 Å². The van der Waals surface area contributed by atoms with E-state index in [0.29, 0.717) is 19.6 Å². The van der Waals surface area contributed by atoms with Crippen molar-refractivity contribution in [3.05, 3.63) is 30.0 Å². The molecule has 1 amide bonds. The van der Waals surface area contributed by atoms with Crippen LogP contribution in [0.25, 0.3) is 10.9 Å². The number of hydrogen-bond acceptors (Lipinski definition) is 4. The number of nitrogens with two attached hydrogens (primary N) is 1. The van der Waals surface area contributed by atoms with Crippen molar-refractivity contribution in [1.29, 1.82) is 5.26 Å². The van der Waals surface area contributed by atoms with Gasteiger partial charge in [-0.3, -0.25) is 4.79 Å². The second kappa shape index (κ2) is 6.93. The molecule has 1 aliphatic heterocycles. The molecule has 0 bridgehead atoms. The van der Waals surface area contributed by atoms with Crippen LogP contribution in [0.2, 0.25) is 0 Å². The molecule has 3 N–H and O–H groups in total. The van der Waals surface area contributed by atoms with Crippen LogP contribution < -0.4 is 10.5 Å². The largest absolute Gasteiger partial charge is 0.494 e. The van der Waals surface area contributed by atoms with Crippen LogP contribution >= 0.6 is 0 Å². The van der Waals surface area contributed by atoms with Gasteiger partial charge in [0.1, 0.15) is 11.8 Å². The number of carbonyl (C=O) groups is 1. The first-order chi connectivity index (χ1) is 11.6. The molecule has 0 saturated carbocycles. The van der Waals surface area contributed by atoms with Crippen LogP contribution in [0.15, 0.2) is 24.4 Å². The lowest BCUT2D eigenvalue weighted by atomic mass is 10.0. The third-order valence-electron chi connectivity index (χ3n) is 4.49. The predicted octanol–water partition coefficient (Wildman–Crippen LogP) is 1.95. The summed E-state index contributed by atoms with van der Waals surface area (Å²) in [5.74, 6) is 0.657. The molecule has 6 heteroatoms. The summed E-state index contributed by atoms with van der Waals surface area (Å²) in [6.45, 7) is 3.17. The average molecular weight is 326 g/mol. The highest BCUT2D eigenvalue weighted by molar-refractivity contribution is 5.87. The van der Waals surface area contributed by atoms with Gasteiger partial charge in [0.2, 0.25) is 5.91 Å². The summed E-state index contributed by atoms with van der Waals surface area (Å²) < 4.78 is 5.54. The highest BCUT2D eigenvalue weighted by Crippen LogP contribution is 2.25. The number of nitrogens with zero attached hydrogens (tertiary/aromatic N) is 2.